The quantitative estimate of drug-likeness (QED) is 0.637. The molecule has 14 heavy (non-hydrogen) atoms. The standard InChI is InChI=1S/C11H21NO2/c1-9(12-7-5-6-8-12)14-10(13)11(2,3)4/h9H,5-8H2,1-4H3. The van der Waals surface area contributed by atoms with Gasteiger partial charge in [0.25, 0.3) is 0 Å². The fourth-order valence-corrected chi connectivity index (χ4v) is 1.51. The molecule has 1 unspecified atom stereocenters. The predicted octanol–water partition coefficient (Wildman–Crippen LogP) is 2.02. The minimum absolute atomic E-state index is 0.0655. The molecule has 0 bridgehead atoms. The van der Waals surface area contributed by atoms with Crippen LogP contribution in [-0.4, -0.2) is 30.2 Å². The Hall–Kier alpha value is -0.570. The zero-order chi connectivity index (χ0) is 10.8. The first-order valence-electron chi connectivity index (χ1n) is 5.36. The molecule has 0 aromatic heterocycles. The summed E-state index contributed by atoms with van der Waals surface area (Å²) in [7, 11) is 0. The van der Waals surface area contributed by atoms with Gasteiger partial charge in [-0.25, -0.2) is 0 Å². The molecule has 0 N–H and O–H groups in total. The van der Waals surface area contributed by atoms with Crippen molar-refractivity contribution in [3.8, 4) is 0 Å². The van der Waals surface area contributed by atoms with E-state index in [4.69, 9.17) is 4.74 Å². The summed E-state index contributed by atoms with van der Waals surface area (Å²) in [6.45, 7) is 9.70. The normalized spacial score (nSPS) is 20.9. The maximum absolute atomic E-state index is 11.6. The summed E-state index contributed by atoms with van der Waals surface area (Å²) in [5, 5.41) is 0. The van der Waals surface area contributed by atoms with E-state index in [0.717, 1.165) is 13.1 Å². The number of hydrogen-bond acceptors (Lipinski definition) is 3. The van der Waals surface area contributed by atoms with E-state index >= 15 is 0 Å². The SMILES string of the molecule is CC(OC(=O)C(C)(C)C)N1CCCC1. The third-order valence-electron chi connectivity index (χ3n) is 2.54. The van der Waals surface area contributed by atoms with Crippen molar-refractivity contribution in [3.05, 3.63) is 0 Å². The van der Waals surface area contributed by atoms with Gasteiger partial charge in [-0.2, -0.15) is 0 Å². The number of carbonyl (C=O) groups excluding carboxylic acids is 1. The van der Waals surface area contributed by atoms with Crippen LogP contribution in [0.2, 0.25) is 0 Å². The van der Waals surface area contributed by atoms with E-state index < -0.39 is 5.41 Å². The summed E-state index contributed by atoms with van der Waals surface area (Å²) < 4.78 is 5.39. The molecule has 1 saturated heterocycles. The fraction of sp³-hybridized carbons (Fsp3) is 0.909. The largest absolute Gasteiger partial charge is 0.446 e. The van der Waals surface area contributed by atoms with E-state index in [9.17, 15) is 4.79 Å². The van der Waals surface area contributed by atoms with Crippen molar-refractivity contribution in [2.75, 3.05) is 13.1 Å². The Balaban J connectivity index is 2.39. The van der Waals surface area contributed by atoms with E-state index in [-0.39, 0.29) is 12.2 Å². The maximum Gasteiger partial charge on any atom is 0.312 e. The first kappa shape index (κ1) is 11.5. The maximum atomic E-state index is 11.6. The van der Waals surface area contributed by atoms with Gasteiger partial charge >= 0.3 is 5.97 Å². The van der Waals surface area contributed by atoms with Gasteiger partial charge in [0, 0.05) is 13.1 Å². The number of carbonyl (C=O) groups is 1. The monoisotopic (exact) mass is 199 g/mol. The summed E-state index contributed by atoms with van der Waals surface area (Å²) >= 11 is 0. The molecule has 1 aliphatic heterocycles. The molecule has 1 atom stereocenters. The lowest BCUT2D eigenvalue weighted by Crippen LogP contribution is -2.37. The Morgan fingerprint density at radius 2 is 1.79 bits per heavy atom. The topological polar surface area (TPSA) is 29.5 Å². The second-order valence-corrected chi connectivity index (χ2v) is 5.00. The van der Waals surface area contributed by atoms with Crippen LogP contribution in [0.1, 0.15) is 40.5 Å². The third kappa shape index (κ3) is 2.98. The summed E-state index contributed by atoms with van der Waals surface area (Å²) in [5.74, 6) is -0.114. The van der Waals surface area contributed by atoms with Crippen LogP contribution in [0.3, 0.4) is 0 Å². The molecule has 0 amide bonds. The van der Waals surface area contributed by atoms with Gasteiger partial charge in [0.15, 0.2) is 6.23 Å². The number of esters is 1. The molecular weight excluding hydrogens is 178 g/mol. The van der Waals surface area contributed by atoms with Gasteiger partial charge in [-0.1, -0.05) is 0 Å². The third-order valence-corrected chi connectivity index (χ3v) is 2.54. The average molecular weight is 199 g/mol. The smallest absolute Gasteiger partial charge is 0.312 e. The van der Waals surface area contributed by atoms with Crippen molar-refractivity contribution >= 4 is 5.97 Å². The Morgan fingerprint density at radius 3 is 2.21 bits per heavy atom. The first-order valence-corrected chi connectivity index (χ1v) is 5.36. The van der Waals surface area contributed by atoms with Crippen LogP contribution >= 0.6 is 0 Å². The van der Waals surface area contributed by atoms with Crippen LogP contribution in [0.25, 0.3) is 0 Å². The first-order chi connectivity index (χ1) is 6.41. The molecule has 0 aromatic rings. The number of likely N-dealkylation sites (tertiary alicyclic amines) is 1. The zero-order valence-corrected chi connectivity index (χ0v) is 9.67. The van der Waals surface area contributed by atoms with Crippen molar-refractivity contribution in [1.82, 2.24) is 4.90 Å². The average Bonchev–Trinajstić information content (AvgIpc) is 2.53. The Labute approximate surface area is 86.4 Å². The van der Waals surface area contributed by atoms with Crippen molar-refractivity contribution in [2.24, 2.45) is 5.41 Å². The summed E-state index contributed by atoms with van der Waals surface area (Å²) in [5.41, 5.74) is -0.395. The zero-order valence-electron chi connectivity index (χ0n) is 9.67. The lowest BCUT2D eigenvalue weighted by atomic mass is 9.97. The van der Waals surface area contributed by atoms with Crippen molar-refractivity contribution in [3.63, 3.8) is 0 Å². The van der Waals surface area contributed by atoms with Gasteiger partial charge in [0.1, 0.15) is 0 Å². The van der Waals surface area contributed by atoms with Gasteiger partial charge in [-0.15, -0.1) is 0 Å². The van der Waals surface area contributed by atoms with Crippen LogP contribution in [0.5, 0.6) is 0 Å². The van der Waals surface area contributed by atoms with Crippen LogP contribution in [-0.2, 0) is 9.53 Å². The lowest BCUT2D eigenvalue weighted by molar-refractivity contribution is -0.166. The van der Waals surface area contributed by atoms with Gasteiger partial charge in [-0.3, -0.25) is 9.69 Å². The van der Waals surface area contributed by atoms with Gasteiger partial charge in [-0.05, 0) is 40.5 Å². The highest BCUT2D eigenvalue weighted by Crippen LogP contribution is 2.19. The van der Waals surface area contributed by atoms with Gasteiger partial charge < -0.3 is 4.74 Å². The van der Waals surface area contributed by atoms with Crippen LogP contribution in [0.4, 0.5) is 0 Å². The molecule has 3 nitrogen and oxygen atoms in total. The molecule has 0 radical (unpaired) electrons. The van der Waals surface area contributed by atoms with E-state index in [2.05, 4.69) is 4.90 Å². The van der Waals surface area contributed by atoms with Crippen LogP contribution < -0.4 is 0 Å². The number of ether oxygens (including phenoxy) is 1. The highest BCUT2D eigenvalue weighted by molar-refractivity contribution is 5.75. The summed E-state index contributed by atoms with van der Waals surface area (Å²) in [6.07, 6.45) is 2.37. The minimum atomic E-state index is -0.395. The summed E-state index contributed by atoms with van der Waals surface area (Å²) in [4.78, 5) is 13.8. The highest BCUT2D eigenvalue weighted by atomic mass is 16.6. The van der Waals surface area contributed by atoms with E-state index in [1.165, 1.54) is 12.8 Å². The van der Waals surface area contributed by atoms with Crippen molar-refractivity contribution in [2.45, 2.75) is 46.8 Å². The molecule has 82 valence electrons. The van der Waals surface area contributed by atoms with E-state index in [1.807, 2.05) is 27.7 Å². The predicted molar refractivity (Wildman–Crippen MR) is 55.8 cm³/mol. The van der Waals surface area contributed by atoms with Crippen molar-refractivity contribution in [1.29, 1.82) is 0 Å². The van der Waals surface area contributed by atoms with E-state index in [1.54, 1.807) is 0 Å². The van der Waals surface area contributed by atoms with Crippen LogP contribution in [0.15, 0.2) is 0 Å². The molecule has 0 saturated carbocycles. The molecule has 3 heteroatoms. The van der Waals surface area contributed by atoms with Gasteiger partial charge in [0.05, 0.1) is 5.41 Å². The molecule has 0 spiro atoms. The van der Waals surface area contributed by atoms with E-state index in [0.29, 0.717) is 0 Å². The molecular formula is C11H21NO2. The second-order valence-electron chi connectivity index (χ2n) is 5.00. The molecule has 1 rings (SSSR count). The minimum Gasteiger partial charge on any atom is -0.446 e. The number of nitrogens with zero attached hydrogens (tertiary/aromatic N) is 1. The number of rotatable bonds is 2. The summed E-state index contributed by atoms with van der Waals surface area (Å²) in [6, 6.07) is 0. The lowest BCUT2D eigenvalue weighted by Gasteiger charge is -2.27. The Kier molecular flexibility index (Phi) is 3.53. The van der Waals surface area contributed by atoms with Crippen LogP contribution in [0, 0.1) is 5.41 Å². The fourth-order valence-electron chi connectivity index (χ4n) is 1.51. The molecule has 1 aliphatic rings. The Bertz CT molecular complexity index is 202. The molecule has 1 heterocycles. The molecule has 0 aromatic carbocycles. The molecule has 0 aliphatic carbocycles. The highest BCUT2D eigenvalue weighted by Gasteiger charge is 2.27. The van der Waals surface area contributed by atoms with Gasteiger partial charge in [0.2, 0.25) is 0 Å². The number of hydrogen-bond donors (Lipinski definition) is 0. The van der Waals surface area contributed by atoms with Crippen molar-refractivity contribution < 1.29 is 9.53 Å². The molecule has 1 fully saturated rings. The Morgan fingerprint density at radius 1 is 1.29 bits per heavy atom. The second kappa shape index (κ2) is 4.30.